The summed E-state index contributed by atoms with van der Waals surface area (Å²) in [4.78, 5) is 16.7. The molecule has 1 amide bonds. The summed E-state index contributed by atoms with van der Waals surface area (Å²) >= 11 is 0. The molecular weight excluding hydrogens is 380 g/mol. The Hall–Kier alpha value is -1.54. The summed E-state index contributed by atoms with van der Waals surface area (Å²) in [5.41, 5.74) is 1.21. The number of nitrogens with zero attached hydrogens (tertiary/aromatic N) is 2. The molecule has 2 N–H and O–H groups in total. The lowest BCUT2D eigenvalue weighted by atomic mass is 10.2. The molecule has 0 saturated carbocycles. The molecule has 0 spiro atoms. The number of halogens is 1. The first-order valence-corrected chi connectivity index (χ1v) is 9.93. The molecule has 1 aromatic carbocycles. The van der Waals surface area contributed by atoms with Gasteiger partial charge in [0.1, 0.15) is 0 Å². The van der Waals surface area contributed by atoms with Gasteiger partial charge in [0, 0.05) is 58.4 Å². The van der Waals surface area contributed by atoms with Gasteiger partial charge >= 0.3 is 0 Å². The van der Waals surface area contributed by atoms with Gasteiger partial charge in [0.15, 0.2) is 18.1 Å². The smallest absolute Gasteiger partial charge is 0.257 e. The van der Waals surface area contributed by atoms with E-state index >= 15 is 0 Å². The first-order chi connectivity index (χ1) is 13.2. The fourth-order valence-electron chi connectivity index (χ4n) is 3.88. The third-order valence-corrected chi connectivity index (χ3v) is 5.28. The topological polar surface area (TPSA) is 66.1 Å². The molecule has 2 aliphatic heterocycles. The molecule has 2 saturated heterocycles. The highest BCUT2D eigenvalue weighted by molar-refractivity contribution is 5.85. The predicted octanol–water partition coefficient (Wildman–Crippen LogP) is 1.11. The van der Waals surface area contributed by atoms with Crippen LogP contribution in [-0.4, -0.2) is 81.3 Å². The maximum absolute atomic E-state index is 11.6. The minimum Gasteiger partial charge on any atom is -0.493 e. The monoisotopic (exact) mass is 412 g/mol. The highest BCUT2D eigenvalue weighted by Gasteiger charge is 2.28. The first-order valence-electron chi connectivity index (χ1n) is 9.93. The van der Waals surface area contributed by atoms with Crippen molar-refractivity contribution < 1.29 is 14.3 Å². The van der Waals surface area contributed by atoms with Crippen LogP contribution in [0, 0.1) is 0 Å². The molecule has 1 unspecified atom stereocenters. The lowest BCUT2D eigenvalue weighted by Gasteiger charge is -2.32. The van der Waals surface area contributed by atoms with Crippen molar-refractivity contribution in [1.29, 1.82) is 0 Å². The first kappa shape index (κ1) is 22.7. The van der Waals surface area contributed by atoms with E-state index in [0.29, 0.717) is 24.1 Å². The molecule has 2 heterocycles. The standard InChI is InChI=1S/C20H32N4O3.ClH/c1-3-22-20(25)15-27-18-5-4-16(12-19(18)26-2)13-23-9-6-17(14-23)24-10-7-21-8-11-24;/h4-5,12,17,21H,3,6-11,13-15H2,1-2H3,(H,22,25);1H. The Labute approximate surface area is 174 Å². The molecule has 0 aliphatic carbocycles. The second-order valence-electron chi connectivity index (χ2n) is 7.19. The van der Waals surface area contributed by atoms with E-state index in [4.69, 9.17) is 9.47 Å². The van der Waals surface area contributed by atoms with Crippen LogP contribution in [0.25, 0.3) is 0 Å². The van der Waals surface area contributed by atoms with Crippen LogP contribution in [0.3, 0.4) is 0 Å². The van der Waals surface area contributed by atoms with Gasteiger partial charge in [0.05, 0.1) is 7.11 Å². The van der Waals surface area contributed by atoms with E-state index in [9.17, 15) is 4.79 Å². The Kier molecular flexibility index (Phi) is 9.31. The molecule has 3 rings (SSSR count). The van der Waals surface area contributed by atoms with Gasteiger partial charge in [-0.2, -0.15) is 0 Å². The zero-order valence-electron chi connectivity index (χ0n) is 16.9. The van der Waals surface area contributed by atoms with Gasteiger partial charge in [-0.15, -0.1) is 12.4 Å². The number of hydrogen-bond acceptors (Lipinski definition) is 6. The minimum absolute atomic E-state index is 0. The Morgan fingerprint density at radius 3 is 2.75 bits per heavy atom. The number of rotatable bonds is 8. The van der Waals surface area contributed by atoms with Gasteiger partial charge in [-0.25, -0.2) is 0 Å². The van der Waals surface area contributed by atoms with Crippen molar-refractivity contribution in [3.8, 4) is 11.5 Å². The maximum atomic E-state index is 11.6. The molecule has 28 heavy (non-hydrogen) atoms. The highest BCUT2D eigenvalue weighted by Crippen LogP contribution is 2.29. The largest absolute Gasteiger partial charge is 0.493 e. The number of benzene rings is 1. The Balaban J connectivity index is 0.00000280. The van der Waals surface area contributed by atoms with E-state index in [1.807, 2.05) is 19.1 Å². The van der Waals surface area contributed by atoms with Crippen LogP contribution in [0.2, 0.25) is 0 Å². The minimum atomic E-state index is -0.125. The van der Waals surface area contributed by atoms with Crippen molar-refractivity contribution in [2.45, 2.75) is 25.9 Å². The van der Waals surface area contributed by atoms with Crippen LogP contribution in [0.15, 0.2) is 18.2 Å². The Bertz CT molecular complexity index is 625. The molecule has 1 aromatic rings. The molecule has 0 radical (unpaired) electrons. The number of hydrogen-bond donors (Lipinski definition) is 2. The second-order valence-corrected chi connectivity index (χ2v) is 7.19. The van der Waals surface area contributed by atoms with Gasteiger partial charge in [-0.3, -0.25) is 14.6 Å². The maximum Gasteiger partial charge on any atom is 0.257 e. The summed E-state index contributed by atoms with van der Waals surface area (Å²) in [5, 5.41) is 6.15. The number of piperazine rings is 1. The van der Waals surface area contributed by atoms with Gasteiger partial charge in [-0.05, 0) is 31.0 Å². The van der Waals surface area contributed by atoms with Crippen molar-refractivity contribution in [3.05, 3.63) is 23.8 Å². The number of likely N-dealkylation sites (N-methyl/N-ethyl adjacent to an activating group) is 1. The fourth-order valence-corrected chi connectivity index (χ4v) is 3.88. The van der Waals surface area contributed by atoms with Gasteiger partial charge in [0.25, 0.3) is 5.91 Å². The number of likely N-dealkylation sites (tertiary alicyclic amines) is 1. The van der Waals surface area contributed by atoms with E-state index in [2.05, 4.69) is 26.5 Å². The number of carbonyl (C=O) groups excluding carboxylic acids is 1. The van der Waals surface area contributed by atoms with Crippen LogP contribution in [0.1, 0.15) is 18.9 Å². The van der Waals surface area contributed by atoms with Crippen LogP contribution in [-0.2, 0) is 11.3 Å². The van der Waals surface area contributed by atoms with Crippen LogP contribution < -0.4 is 20.1 Å². The Morgan fingerprint density at radius 2 is 2.04 bits per heavy atom. The second kappa shape index (κ2) is 11.5. The van der Waals surface area contributed by atoms with E-state index in [0.717, 1.165) is 45.8 Å². The van der Waals surface area contributed by atoms with Crippen LogP contribution in [0.4, 0.5) is 0 Å². The molecule has 2 fully saturated rings. The molecule has 2 aliphatic rings. The fraction of sp³-hybridized carbons (Fsp3) is 0.650. The molecule has 7 nitrogen and oxygen atoms in total. The zero-order valence-corrected chi connectivity index (χ0v) is 17.7. The van der Waals surface area contributed by atoms with Crippen LogP contribution >= 0.6 is 12.4 Å². The van der Waals surface area contributed by atoms with Crippen molar-refractivity contribution >= 4 is 18.3 Å². The van der Waals surface area contributed by atoms with Crippen molar-refractivity contribution in [2.24, 2.45) is 0 Å². The predicted molar refractivity (Wildman–Crippen MR) is 113 cm³/mol. The Morgan fingerprint density at radius 1 is 1.25 bits per heavy atom. The van der Waals surface area contributed by atoms with Gasteiger partial charge < -0.3 is 20.1 Å². The van der Waals surface area contributed by atoms with Crippen molar-refractivity contribution in [2.75, 3.05) is 59.5 Å². The number of ether oxygens (including phenoxy) is 2. The third kappa shape index (κ3) is 6.24. The summed E-state index contributed by atoms with van der Waals surface area (Å²) < 4.78 is 11.1. The summed E-state index contributed by atoms with van der Waals surface area (Å²) in [6.07, 6.45) is 1.24. The SMILES string of the molecule is CCNC(=O)COc1ccc(CN2CCC(N3CCNCC3)C2)cc1OC.Cl. The van der Waals surface area contributed by atoms with Crippen molar-refractivity contribution in [1.82, 2.24) is 20.4 Å². The molecular formula is C20H33ClN4O3. The molecule has 0 aromatic heterocycles. The lowest BCUT2D eigenvalue weighted by Crippen LogP contribution is -2.49. The van der Waals surface area contributed by atoms with E-state index in [-0.39, 0.29) is 24.9 Å². The molecule has 0 bridgehead atoms. The number of carbonyl (C=O) groups is 1. The molecule has 158 valence electrons. The zero-order chi connectivity index (χ0) is 19.1. The summed E-state index contributed by atoms with van der Waals surface area (Å²) in [5.74, 6) is 1.15. The van der Waals surface area contributed by atoms with E-state index < -0.39 is 0 Å². The van der Waals surface area contributed by atoms with Gasteiger partial charge in [-0.1, -0.05) is 6.07 Å². The third-order valence-electron chi connectivity index (χ3n) is 5.28. The average molecular weight is 413 g/mol. The normalized spacial score (nSPS) is 20.4. The quantitative estimate of drug-likeness (QED) is 0.666. The molecule has 8 heteroatoms. The van der Waals surface area contributed by atoms with E-state index in [1.165, 1.54) is 12.0 Å². The summed E-state index contributed by atoms with van der Waals surface area (Å²) in [6.45, 7) is 10.2. The van der Waals surface area contributed by atoms with Crippen LogP contribution in [0.5, 0.6) is 11.5 Å². The van der Waals surface area contributed by atoms with Crippen molar-refractivity contribution in [3.63, 3.8) is 0 Å². The van der Waals surface area contributed by atoms with E-state index in [1.54, 1.807) is 7.11 Å². The van der Waals surface area contributed by atoms with Gasteiger partial charge in [0.2, 0.25) is 0 Å². The number of methoxy groups -OCH3 is 1. The number of amides is 1. The summed E-state index contributed by atoms with van der Waals surface area (Å²) in [6, 6.07) is 6.66. The number of nitrogens with one attached hydrogen (secondary N) is 2. The molecule has 1 atom stereocenters. The highest BCUT2D eigenvalue weighted by atomic mass is 35.5. The summed E-state index contributed by atoms with van der Waals surface area (Å²) in [7, 11) is 1.63. The average Bonchev–Trinajstić information content (AvgIpc) is 3.16. The lowest BCUT2D eigenvalue weighted by molar-refractivity contribution is -0.123.